The van der Waals surface area contributed by atoms with E-state index in [9.17, 15) is 67.7 Å². The fraction of sp³-hybridized carbons (Fsp3) is 0.398. The predicted molar refractivity (Wildman–Crippen MR) is 435 cm³/mol. The van der Waals surface area contributed by atoms with Crippen molar-refractivity contribution < 1.29 is 95.8 Å². The number of likely N-dealkylation sites (N-methyl/N-ethyl adjacent to an activating group) is 2. The maximum atomic E-state index is 14.6. The summed E-state index contributed by atoms with van der Waals surface area (Å²) in [6, 6.07) is 27.7. The minimum Gasteiger partial charge on any atom is -0.496 e. The SMILES string of the molecule is COc1ccccc1-c1nccc(COc2ccccc2C[C@@H](Oc2ncnc3sc(-c4ccc(F)cc4)c(-c4ccc(OCCN5CC[N+](C)(Cc6ccc(NC(=O)[C@H](CCCNC(N)=O)NC(=O)[C@@H](NC(=O)CCOCCN7C(=O)CC(C)C7=O)C(C)C)cc6CN(C)C(=O)CN(CC(=O)O)CC(=O)O)CC5)c(Cl)c4C)c23)C(=O)O)n1. The van der Waals surface area contributed by atoms with Crippen LogP contribution in [0.3, 0.4) is 0 Å². The molecule has 4 atom stereocenters. The molecule has 118 heavy (non-hydrogen) atoms. The summed E-state index contributed by atoms with van der Waals surface area (Å²) >= 11 is 8.59. The summed E-state index contributed by atoms with van der Waals surface area (Å²) in [5.41, 5.74) is 11.2. The van der Waals surface area contributed by atoms with E-state index in [0.29, 0.717) is 132 Å². The van der Waals surface area contributed by atoms with Crippen molar-refractivity contribution in [3.8, 4) is 56.1 Å². The highest BCUT2D eigenvalue weighted by molar-refractivity contribution is 7.22. The normalized spacial score (nSPS) is 14.8. The molecule has 0 saturated carbocycles. The first-order valence-electron chi connectivity index (χ1n) is 38.4. The van der Waals surface area contributed by atoms with Crippen LogP contribution in [0.1, 0.15) is 74.4 Å². The van der Waals surface area contributed by atoms with Crippen molar-refractivity contribution >= 4 is 98.2 Å². The Kier molecular flexibility index (Phi) is 31.0. The predicted octanol–water partition coefficient (Wildman–Crippen LogP) is 7.83. The molecule has 10 rings (SSSR count). The van der Waals surface area contributed by atoms with Gasteiger partial charge in [0.05, 0.1) is 88.3 Å². The fourth-order valence-corrected chi connectivity index (χ4v) is 15.2. The number of aliphatic carboxylic acids is 3. The van der Waals surface area contributed by atoms with Gasteiger partial charge in [0.2, 0.25) is 47.4 Å². The van der Waals surface area contributed by atoms with Gasteiger partial charge in [0, 0.05) is 92.8 Å². The number of nitrogens with two attached hydrogens (primary N) is 1. The largest absolute Gasteiger partial charge is 0.496 e. The van der Waals surface area contributed by atoms with E-state index in [1.807, 2.05) is 43.3 Å². The Labute approximate surface area is 689 Å². The van der Waals surface area contributed by atoms with Crippen LogP contribution in [0, 0.1) is 24.6 Å². The second kappa shape index (κ2) is 41.3. The lowest BCUT2D eigenvalue weighted by atomic mass is 9.96. The number of piperazine rings is 1. The maximum absolute atomic E-state index is 14.6. The Morgan fingerprint density at radius 2 is 1.52 bits per heavy atom. The van der Waals surface area contributed by atoms with Crippen molar-refractivity contribution in [2.24, 2.45) is 17.6 Å². The smallest absolute Gasteiger partial charge is 0.345 e. The molecule has 2 saturated heterocycles. The first-order chi connectivity index (χ1) is 56.4. The number of fused-ring (bicyclic) bond motifs is 1. The van der Waals surface area contributed by atoms with Gasteiger partial charge in [-0.1, -0.05) is 87.0 Å². The van der Waals surface area contributed by atoms with Gasteiger partial charge in [-0.2, -0.15) is 0 Å². The Morgan fingerprint density at radius 3 is 2.20 bits per heavy atom. The number of carbonyl (C=O) groups is 10. The molecule has 3 aromatic heterocycles. The van der Waals surface area contributed by atoms with Gasteiger partial charge in [-0.3, -0.25) is 53.1 Å². The third-order valence-electron chi connectivity index (χ3n) is 20.3. The van der Waals surface area contributed by atoms with Crippen LogP contribution in [0.2, 0.25) is 5.02 Å². The Morgan fingerprint density at radius 1 is 0.797 bits per heavy atom. The number of benzene rings is 5. The number of primary amides is 1. The third-order valence-corrected chi connectivity index (χ3v) is 21.9. The quantitative estimate of drug-likeness (QED) is 0.0103. The molecule has 626 valence electrons. The lowest BCUT2D eigenvalue weighted by molar-refractivity contribution is -0.926. The van der Waals surface area contributed by atoms with Crippen molar-refractivity contribution in [2.45, 2.75) is 97.7 Å². The van der Waals surface area contributed by atoms with E-state index in [2.05, 4.69) is 48.2 Å². The van der Waals surface area contributed by atoms with Crippen molar-refractivity contribution in [2.75, 3.05) is 112 Å². The van der Waals surface area contributed by atoms with Gasteiger partial charge in [0.1, 0.15) is 66.1 Å². The number of anilines is 1. The number of carboxylic acid groups (broad SMARTS) is 3. The number of halogens is 2. The molecule has 5 heterocycles. The zero-order chi connectivity index (χ0) is 84.9. The number of nitrogens with zero attached hydrogens (tertiary/aromatic N) is 9. The van der Waals surface area contributed by atoms with Crippen LogP contribution in [0.25, 0.3) is 43.2 Å². The molecule has 8 aromatic rings. The number of methoxy groups -OCH3 is 1. The van der Waals surface area contributed by atoms with Crippen LogP contribution in [-0.2, 0) is 74.0 Å². The Balaban J connectivity index is 0.814. The first kappa shape index (κ1) is 88.5. The summed E-state index contributed by atoms with van der Waals surface area (Å²) in [5, 5.41) is 41.6. The summed E-state index contributed by atoms with van der Waals surface area (Å²) in [4.78, 5) is 154. The Bertz CT molecular complexity index is 4960. The molecular formula is C83H97ClFN14O18S+. The highest BCUT2D eigenvalue weighted by atomic mass is 35.5. The number of urea groups is 1. The summed E-state index contributed by atoms with van der Waals surface area (Å²) in [6.45, 7) is 8.65. The van der Waals surface area contributed by atoms with Gasteiger partial charge < -0.3 is 75.4 Å². The van der Waals surface area contributed by atoms with E-state index in [1.165, 1.54) is 41.7 Å². The number of amides is 8. The van der Waals surface area contributed by atoms with Gasteiger partial charge in [0.25, 0.3) is 0 Å². The zero-order valence-electron chi connectivity index (χ0n) is 66.5. The monoisotopic (exact) mass is 1660 g/mol. The summed E-state index contributed by atoms with van der Waals surface area (Å²) in [5.74, 6) is -6.51. The number of carbonyl (C=O) groups excluding carboxylic acids is 7. The Hall–Kier alpha value is -11.8. The molecule has 35 heteroatoms. The molecule has 2 aliphatic heterocycles. The molecule has 32 nitrogen and oxygen atoms in total. The number of ether oxygens (including phenoxy) is 5. The fourth-order valence-electron chi connectivity index (χ4n) is 13.9. The number of thiophene rings is 1. The topological polar surface area (TPSA) is 416 Å². The number of carboxylic acids is 3. The molecule has 0 spiro atoms. The number of quaternary nitrogens is 1. The van der Waals surface area contributed by atoms with Crippen molar-refractivity contribution in [3.05, 3.63) is 161 Å². The number of aromatic nitrogens is 4. The van der Waals surface area contributed by atoms with Gasteiger partial charge in [-0.05, 0) is 108 Å². The van der Waals surface area contributed by atoms with Crippen LogP contribution >= 0.6 is 22.9 Å². The van der Waals surface area contributed by atoms with Crippen molar-refractivity contribution in [1.29, 1.82) is 0 Å². The number of hydrogen-bond acceptors (Lipinski definition) is 22. The molecule has 2 fully saturated rings. The highest BCUT2D eigenvalue weighted by Gasteiger charge is 2.37. The molecule has 0 bridgehead atoms. The van der Waals surface area contributed by atoms with E-state index < -0.39 is 103 Å². The second-order valence-electron chi connectivity index (χ2n) is 29.5. The van der Waals surface area contributed by atoms with Gasteiger partial charge >= 0.3 is 23.9 Å². The summed E-state index contributed by atoms with van der Waals surface area (Å²) in [7, 11) is 5.15. The third kappa shape index (κ3) is 24.0. The minimum atomic E-state index is -1.49. The van der Waals surface area contributed by atoms with E-state index >= 15 is 0 Å². The number of imide groups is 1. The van der Waals surface area contributed by atoms with Gasteiger partial charge in [-0.15, -0.1) is 11.3 Å². The molecule has 8 amide bonds. The van der Waals surface area contributed by atoms with Gasteiger partial charge in [-0.25, -0.2) is 33.9 Å². The van der Waals surface area contributed by atoms with E-state index in [0.717, 1.165) is 15.4 Å². The molecule has 1 unspecified atom stereocenters. The van der Waals surface area contributed by atoms with E-state index in [1.54, 1.807) is 94.7 Å². The lowest BCUT2D eigenvalue weighted by Crippen LogP contribution is -2.57. The number of nitrogens with one attached hydrogen (secondary N) is 4. The van der Waals surface area contributed by atoms with Crippen LogP contribution < -0.4 is 45.9 Å². The molecule has 5 aromatic carbocycles. The van der Waals surface area contributed by atoms with Crippen LogP contribution in [0.15, 0.2) is 122 Å². The second-order valence-corrected chi connectivity index (χ2v) is 30.9. The lowest BCUT2D eigenvalue weighted by Gasteiger charge is -2.42. The van der Waals surface area contributed by atoms with E-state index in [-0.39, 0.29) is 102 Å². The molecule has 0 radical (unpaired) electrons. The minimum absolute atomic E-state index is 0.000408. The summed E-state index contributed by atoms with van der Waals surface area (Å²) in [6.07, 6.45) is 1.43. The van der Waals surface area contributed by atoms with Crippen LogP contribution in [0.4, 0.5) is 14.9 Å². The highest BCUT2D eigenvalue weighted by Crippen LogP contribution is 2.50. The van der Waals surface area contributed by atoms with E-state index in [4.69, 9.17) is 46.0 Å². The van der Waals surface area contributed by atoms with Crippen molar-refractivity contribution in [3.63, 3.8) is 0 Å². The summed E-state index contributed by atoms with van der Waals surface area (Å²) < 4.78 is 45.5. The molecular weight excluding hydrogens is 1570 g/mol. The molecule has 0 aliphatic carbocycles. The number of likely N-dealkylation sites (tertiary alicyclic amines) is 1. The standard InChI is InChI=1S/C83H96ClFN14O18S/c1-49(2)74(94-66(100)27-36-114-37-33-98-67(101)39-50(3)81(98)109)78(108)93-61(15-12-28-88-83(86)112)77(107)92-57-23-20-54(55(40-57)42-95(5)68(102)43-97(44-69(103)104)45-70(105)106)46-99(6)34-30-96(31-35-99)32-38-115-64-25-24-59(51(4)73(64)84)71-72-79(89-48-90-80(72)118-75(71)52-18-21-56(85)22-19-52)117-65(82(110)111)41-53-13-8-10-16-62(53)116-47-58-26-29-87-76(91-58)60-14-9-11-17-63(60)113-7/h8-11,13-14,16-26,29,40,48-50,61,65,74H,12,15,27-28,30-39,41-47H2,1-7H3,(H8-,86,88,92,93,94,100,103,104,105,106,107,108,110,111,112)/p+1/t50?,61-,65+,74-/m0/s1. The molecule has 2 aliphatic rings. The number of para-hydroxylation sites is 2. The van der Waals surface area contributed by atoms with Gasteiger partial charge in [0.15, 0.2) is 5.82 Å². The zero-order valence-corrected chi connectivity index (χ0v) is 68.1. The maximum Gasteiger partial charge on any atom is 0.345 e. The molecule has 9 N–H and O–H groups in total. The average molecular weight is 1670 g/mol. The van der Waals surface area contributed by atoms with Crippen LogP contribution in [0.5, 0.6) is 23.1 Å². The number of rotatable bonds is 42. The van der Waals surface area contributed by atoms with Crippen LogP contribution in [-0.4, -0.2) is 243 Å². The first-order valence-corrected chi connectivity index (χ1v) is 39.6. The van der Waals surface area contributed by atoms with Crippen molar-refractivity contribution in [1.82, 2.24) is 55.5 Å². The average Bonchev–Trinajstić information content (AvgIpc) is 1.58. The number of hydrogen-bond donors (Lipinski definition) is 8.